The van der Waals surface area contributed by atoms with Crippen LogP contribution in [-0.4, -0.2) is 22.4 Å². The van der Waals surface area contributed by atoms with Gasteiger partial charge in [0.2, 0.25) is 0 Å². The third-order valence-corrected chi connectivity index (χ3v) is 4.13. The molecule has 2 aromatic rings. The van der Waals surface area contributed by atoms with E-state index in [1.54, 1.807) is 6.08 Å². The Kier molecular flexibility index (Phi) is 7.16. The minimum atomic E-state index is -0.648. The summed E-state index contributed by atoms with van der Waals surface area (Å²) in [5.41, 5.74) is 3.34. The number of rotatable bonds is 8. The van der Waals surface area contributed by atoms with Crippen molar-refractivity contribution in [2.45, 2.75) is 44.8 Å². The van der Waals surface area contributed by atoms with Crippen molar-refractivity contribution in [2.75, 3.05) is 0 Å². The zero-order valence-electron chi connectivity index (χ0n) is 14.0. The fourth-order valence-electron chi connectivity index (χ4n) is 2.59. The van der Waals surface area contributed by atoms with Crippen molar-refractivity contribution in [1.29, 1.82) is 0 Å². The number of halogens is 1. The first kappa shape index (κ1) is 18.4. The van der Waals surface area contributed by atoms with Gasteiger partial charge in [0.15, 0.2) is 0 Å². The van der Waals surface area contributed by atoms with E-state index < -0.39 is 12.2 Å². The molecule has 2 rings (SSSR count). The van der Waals surface area contributed by atoms with Crippen LogP contribution in [0.5, 0.6) is 0 Å². The number of hydrogen-bond donors (Lipinski definition) is 2. The molecule has 0 radical (unpaired) electrons. The number of hydrogen-bond acceptors (Lipinski definition) is 2. The molecule has 3 heteroatoms. The molecule has 0 bridgehead atoms. The fourth-order valence-corrected chi connectivity index (χ4v) is 2.59. The van der Waals surface area contributed by atoms with Crippen molar-refractivity contribution in [1.82, 2.24) is 0 Å². The Labute approximate surface area is 143 Å². The number of benzene rings is 2. The zero-order chi connectivity index (χ0) is 17.4. The van der Waals surface area contributed by atoms with Gasteiger partial charge in [0.05, 0.1) is 12.2 Å². The van der Waals surface area contributed by atoms with Gasteiger partial charge in [-0.05, 0) is 48.1 Å². The van der Waals surface area contributed by atoms with E-state index in [9.17, 15) is 14.6 Å². The van der Waals surface area contributed by atoms with Crippen LogP contribution >= 0.6 is 0 Å². The lowest BCUT2D eigenvalue weighted by Crippen LogP contribution is -2.14. The molecule has 2 aromatic carbocycles. The van der Waals surface area contributed by atoms with Gasteiger partial charge in [-0.1, -0.05) is 55.5 Å². The predicted molar refractivity (Wildman–Crippen MR) is 96.2 cm³/mol. The molecule has 0 amide bonds. The predicted octanol–water partition coefficient (Wildman–Crippen LogP) is 4.15. The molecule has 0 aliphatic heterocycles. The second kappa shape index (κ2) is 9.36. The third-order valence-electron chi connectivity index (χ3n) is 4.13. The van der Waals surface area contributed by atoms with Gasteiger partial charge in [-0.15, -0.1) is 0 Å². The van der Waals surface area contributed by atoms with E-state index in [0.29, 0.717) is 12.8 Å². The zero-order valence-corrected chi connectivity index (χ0v) is 14.0. The average molecular weight is 328 g/mol. The van der Waals surface area contributed by atoms with Crippen LogP contribution in [0.1, 0.15) is 36.5 Å². The standard InChI is InChI=1S/C21H25FO2/c1-2-20(23)15-21(24)14-11-18-6-4-3-5-17(18)10-7-16-8-12-19(22)13-9-16/h3-6,8-9,11-14,20-21,23-24H,2,7,10,15H2,1H3/b14-11+/t20-,21-/m1/s1. The van der Waals surface area contributed by atoms with Gasteiger partial charge in [0.1, 0.15) is 5.82 Å². The summed E-state index contributed by atoms with van der Waals surface area (Å²) in [6.45, 7) is 1.89. The van der Waals surface area contributed by atoms with Crippen molar-refractivity contribution >= 4 is 6.08 Å². The van der Waals surface area contributed by atoms with Crippen molar-refractivity contribution in [3.8, 4) is 0 Å². The van der Waals surface area contributed by atoms with Gasteiger partial charge in [-0.2, -0.15) is 0 Å². The summed E-state index contributed by atoms with van der Waals surface area (Å²) < 4.78 is 13.0. The average Bonchev–Trinajstić information content (AvgIpc) is 2.60. The maximum atomic E-state index is 13.0. The quantitative estimate of drug-likeness (QED) is 0.764. The van der Waals surface area contributed by atoms with Crippen LogP contribution in [0, 0.1) is 5.82 Å². The number of aliphatic hydroxyl groups excluding tert-OH is 2. The monoisotopic (exact) mass is 328 g/mol. The van der Waals surface area contributed by atoms with Crippen molar-refractivity contribution < 1.29 is 14.6 Å². The highest BCUT2D eigenvalue weighted by molar-refractivity contribution is 5.54. The van der Waals surface area contributed by atoms with E-state index in [4.69, 9.17) is 0 Å². The van der Waals surface area contributed by atoms with Gasteiger partial charge in [0, 0.05) is 6.42 Å². The van der Waals surface area contributed by atoms with E-state index in [1.807, 2.05) is 43.3 Å². The topological polar surface area (TPSA) is 40.5 Å². The van der Waals surface area contributed by atoms with Crippen molar-refractivity contribution in [3.63, 3.8) is 0 Å². The molecule has 0 fully saturated rings. The number of aliphatic hydroxyl groups is 2. The Morgan fingerprint density at radius 3 is 2.42 bits per heavy atom. The highest BCUT2D eigenvalue weighted by atomic mass is 19.1. The van der Waals surface area contributed by atoms with E-state index in [2.05, 4.69) is 6.07 Å². The second-order valence-electron chi connectivity index (χ2n) is 6.05. The summed E-state index contributed by atoms with van der Waals surface area (Å²) in [5.74, 6) is -0.217. The molecule has 0 aliphatic rings. The van der Waals surface area contributed by atoms with Crippen LogP contribution < -0.4 is 0 Å². The van der Waals surface area contributed by atoms with Crippen LogP contribution in [0.15, 0.2) is 54.6 Å². The molecule has 0 saturated carbocycles. The fraction of sp³-hybridized carbons (Fsp3) is 0.333. The second-order valence-corrected chi connectivity index (χ2v) is 6.05. The van der Waals surface area contributed by atoms with Crippen LogP contribution in [0.2, 0.25) is 0 Å². The van der Waals surface area contributed by atoms with E-state index in [-0.39, 0.29) is 5.82 Å². The lowest BCUT2D eigenvalue weighted by molar-refractivity contribution is 0.102. The molecular weight excluding hydrogens is 303 g/mol. The minimum Gasteiger partial charge on any atom is -0.393 e. The first-order valence-corrected chi connectivity index (χ1v) is 8.45. The van der Waals surface area contributed by atoms with Gasteiger partial charge in [-0.25, -0.2) is 4.39 Å². The van der Waals surface area contributed by atoms with Crippen molar-refractivity contribution in [2.24, 2.45) is 0 Å². The summed E-state index contributed by atoms with van der Waals surface area (Å²) in [4.78, 5) is 0. The summed E-state index contributed by atoms with van der Waals surface area (Å²) in [6, 6.07) is 14.6. The third kappa shape index (κ3) is 5.91. The summed E-state index contributed by atoms with van der Waals surface area (Å²) >= 11 is 0. The highest BCUT2D eigenvalue weighted by Gasteiger charge is 2.07. The minimum absolute atomic E-state index is 0.217. The molecule has 0 aliphatic carbocycles. The highest BCUT2D eigenvalue weighted by Crippen LogP contribution is 2.16. The van der Waals surface area contributed by atoms with Crippen LogP contribution in [0.4, 0.5) is 4.39 Å². The molecule has 0 heterocycles. The van der Waals surface area contributed by atoms with E-state index in [1.165, 1.54) is 17.7 Å². The Hall–Kier alpha value is -1.97. The Bertz CT molecular complexity index is 649. The van der Waals surface area contributed by atoms with Crippen LogP contribution in [0.25, 0.3) is 6.08 Å². The molecule has 2 atom stereocenters. The first-order chi connectivity index (χ1) is 11.6. The molecular formula is C21H25FO2. The van der Waals surface area contributed by atoms with Crippen LogP contribution in [-0.2, 0) is 12.8 Å². The maximum Gasteiger partial charge on any atom is 0.123 e. The summed E-state index contributed by atoms with van der Waals surface area (Å²) in [6.07, 6.45) is 5.19. The molecule has 128 valence electrons. The Morgan fingerprint density at radius 2 is 1.71 bits per heavy atom. The van der Waals surface area contributed by atoms with Gasteiger partial charge in [0.25, 0.3) is 0 Å². The lowest BCUT2D eigenvalue weighted by Gasteiger charge is -2.11. The van der Waals surface area contributed by atoms with E-state index in [0.717, 1.165) is 24.0 Å². The Morgan fingerprint density at radius 1 is 1.00 bits per heavy atom. The molecule has 0 spiro atoms. The van der Waals surface area contributed by atoms with Gasteiger partial charge in [-0.3, -0.25) is 0 Å². The lowest BCUT2D eigenvalue weighted by atomic mass is 9.99. The van der Waals surface area contributed by atoms with Crippen LogP contribution in [0.3, 0.4) is 0 Å². The molecule has 0 saturated heterocycles. The molecule has 0 unspecified atom stereocenters. The Balaban J connectivity index is 2.00. The maximum absolute atomic E-state index is 13.0. The largest absolute Gasteiger partial charge is 0.393 e. The SMILES string of the molecule is CC[C@@H](O)C[C@H](O)/C=C/c1ccccc1CCc1ccc(F)cc1. The van der Waals surface area contributed by atoms with Crippen molar-refractivity contribution in [3.05, 3.63) is 77.1 Å². The molecule has 24 heavy (non-hydrogen) atoms. The first-order valence-electron chi connectivity index (χ1n) is 8.45. The van der Waals surface area contributed by atoms with E-state index >= 15 is 0 Å². The smallest absolute Gasteiger partial charge is 0.123 e. The summed E-state index contributed by atoms with van der Waals surface area (Å²) in [7, 11) is 0. The normalized spacial score (nSPS) is 14.0. The molecule has 0 aromatic heterocycles. The van der Waals surface area contributed by atoms with Gasteiger partial charge >= 0.3 is 0 Å². The number of aryl methyl sites for hydroxylation is 2. The molecule has 2 N–H and O–H groups in total. The molecule has 2 nitrogen and oxygen atoms in total. The summed E-state index contributed by atoms with van der Waals surface area (Å²) in [5, 5.41) is 19.5. The van der Waals surface area contributed by atoms with Gasteiger partial charge < -0.3 is 10.2 Å².